The fourth-order valence-corrected chi connectivity index (χ4v) is 2.20. The summed E-state index contributed by atoms with van der Waals surface area (Å²) < 4.78 is 18.8. The zero-order valence-corrected chi connectivity index (χ0v) is 12.0. The van der Waals surface area contributed by atoms with Gasteiger partial charge in [0, 0.05) is 12.1 Å². The lowest BCUT2D eigenvalue weighted by Gasteiger charge is -2.11. The molecule has 5 heteroatoms. The molecule has 1 atom stereocenters. The molecule has 0 aliphatic rings. The Bertz CT molecular complexity index is 636. The Balaban J connectivity index is 1.88. The summed E-state index contributed by atoms with van der Waals surface area (Å²) in [5.41, 5.74) is 0.718. The minimum atomic E-state index is -0.719. The van der Waals surface area contributed by atoms with Gasteiger partial charge >= 0.3 is 0 Å². The molecule has 0 unspecified atom stereocenters. The first kappa shape index (κ1) is 15.3. The minimum absolute atomic E-state index is 0.00215. The van der Waals surface area contributed by atoms with Crippen LogP contribution < -0.4 is 5.32 Å². The number of nitrogens with one attached hydrogen (secondary N) is 1. The molecule has 2 aromatic rings. The third kappa shape index (κ3) is 3.70. The maximum absolute atomic E-state index is 13.4. The molecule has 0 fully saturated rings. The van der Waals surface area contributed by atoms with Crippen LogP contribution in [-0.2, 0) is 0 Å². The van der Waals surface area contributed by atoms with E-state index in [1.807, 2.05) is 6.92 Å². The highest BCUT2D eigenvalue weighted by molar-refractivity contribution is 5.94. The van der Waals surface area contributed by atoms with Crippen molar-refractivity contribution >= 4 is 5.91 Å². The molecule has 1 amide bonds. The number of aliphatic hydroxyl groups is 1. The van der Waals surface area contributed by atoms with Crippen LogP contribution in [0.15, 0.2) is 34.7 Å². The van der Waals surface area contributed by atoms with Crippen LogP contribution in [0.4, 0.5) is 4.39 Å². The van der Waals surface area contributed by atoms with Gasteiger partial charge in [0.05, 0.1) is 11.7 Å². The van der Waals surface area contributed by atoms with Crippen LogP contribution >= 0.6 is 0 Å². The van der Waals surface area contributed by atoms with Gasteiger partial charge in [-0.3, -0.25) is 4.79 Å². The zero-order valence-electron chi connectivity index (χ0n) is 12.0. The molecule has 1 aromatic carbocycles. The van der Waals surface area contributed by atoms with E-state index < -0.39 is 17.8 Å². The first-order valence-electron chi connectivity index (χ1n) is 6.76. The molecule has 4 nitrogen and oxygen atoms in total. The summed E-state index contributed by atoms with van der Waals surface area (Å²) in [6.45, 7) is 3.84. The number of carbonyl (C=O) groups is 1. The van der Waals surface area contributed by atoms with Crippen LogP contribution in [0.1, 0.15) is 40.0 Å². The van der Waals surface area contributed by atoms with E-state index in [1.165, 1.54) is 18.2 Å². The Morgan fingerprint density at radius 2 is 2.10 bits per heavy atom. The lowest BCUT2D eigenvalue weighted by molar-refractivity contribution is 0.0938. The maximum Gasteiger partial charge on any atom is 0.254 e. The number of hydrogen-bond donors (Lipinski definition) is 2. The summed E-state index contributed by atoms with van der Waals surface area (Å²) in [5.74, 6) is 0.356. The van der Waals surface area contributed by atoms with Crippen molar-refractivity contribution in [3.63, 3.8) is 0 Å². The second-order valence-corrected chi connectivity index (χ2v) is 4.91. The Hall–Kier alpha value is -2.14. The van der Waals surface area contributed by atoms with E-state index in [4.69, 9.17) is 4.42 Å². The van der Waals surface area contributed by atoms with Crippen LogP contribution in [0.3, 0.4) is 0 Å². The average Bonchev–Trinajstić information content (AvgIpc) is 2.78. The molecule has 2 rings (SSSR count). The molecule has 0 saturated heterocycles. The number of aliphatic hydroxyl groups excluding tert-OH is 1. The Labute approximate surface area is 122 Å². The summed E-state index contributed by atoms with van der Waals surface area (Å²) in [7, 11) is 0. The Kier molecular flexibility index (Phi) is 4.75. The molecule has 0 bridgehead atoms. The molecule has 21 heavy (non-hydrogen) atoms. The van der Waals surface area contributed by atoms with Crippen LogP contribution in [0.2, 0.25) is 0 Å². The van der Waals surface area contributed by atoms with Crippen molar-refractivity contribution in [1.82, 2.24) is 5.32 Å². The molecule has 1 aromatic heterocycles. The summed E-state index contributed by atoms with van der Waals surface area (Å²) in [5, 5.41) is 12.7. The number of halogens is 1. The van der Waals surface area contributed by atoms with Crippen molar-refractivity contribution < 1.29 is 18.7 Å². The lowest BCUT2D eigenvalue weighted by atomic mass is 10.1. The smallest absolute Gasteiger partial charge is 0.254 e. The molecule has 0 aliphatic heterocycles. The predicted octanol–water partition coefficient (Wildman–Crippen LogP) is 2.89. The zero-order chi connectivity index (χ0) is 15.4. The highest BCUT2D eigenvalue weighted by atomic mass is 19.1. The SMILES string of the molecule is Cc1cc([C@H](O)CCNC(=O)c2ccccc2F)c(C)o1. The number of aryl methyl sites for hydroxylation is 2. The van der Waals surface area contributed by atoms with Crippen molar-refractivity contribution in [2.24, 2.45) is 0 Å². The van der Waals surface area contributed by atoms with Gasteiger partial charge in [0.15, 0.2) is 0 Å². The number of rotatable bonds is 5. The van der Waals surface area contributed by atoms with Gasteiger partial charge in [0.25, 0.3) is 5.91 Å². The van der Waals surface area contributed by atoms with Gasteiger partial charge in [0.1, 0.15) is 17.3 Å². The fraction of sp³-hybridized carbons (Fsp3) is 0.312. The van der Waals surface area contributed by atoms with Gasteiger partial charge < -0.3 is 14.8 Å². The highest BCUT2D eigenvalue weighted by Crippen LogP contribution is 2.23. The topological polar surface area (TPSA) is 62.5 Å². The Morgan fingerprint density at radius 1 is 1.38 bits per heavy atom. The molecule has 2 N–H and O–H groups in total. The first-order valence-corrected chi connectivity index (χ1v) is 6.76. The Morgan fingerprint density at radius 3 is 2.71 bits per heavy atom. The molecular formula is C16H18FNO3. The maximum atomic E-state index is 13.4. The second-order valence-electron chi connectivity index (χ2n) is 4.91. The summed E-state index contributed by atoms with van der Waals surface area (Å²) in [6, 6.07) is 7.56. The van der Waals surface area contributed by atoms with Crippen LogP contribution in [0.5, 0.6) is 0 Å². The second kappa shape index (κ2) is 6.54. The number of amides is 1. The molecule has 0 radical (unpaired) electrons. The van der Waals surface area contributed by atoms with Crippen LogP contribution in [0, 0.1) is 19.7 Å². The van der Waals surface area contributed by atoms with E-state index in [-0.39, 0.29) is 12.1 Å². The molecule has 0 spiro atoms. The van der Waals surface area contributed by atoms with E-state index in [2.05, 4.69) is 5.32 Å². The average molecular weight is 291 g/mol. The van der Waals surface area contributed by atoms with Crippen LogP contribution in [-0.4, -0.2) is 17.6 Å². The van der Waals surface area contributed by atoms with Gasteiger partial charge in [-0.05, 0) is 38.5 Å². The monoisotopic (exact) mass is 291 g/mol. The molecule has 0 aliphatic carbocycles. The van der Waals surface area contributed by atoms with Gasteiger partial charge in [-0.2, -0.15) is 0 Å². The first-order chi connectivity index (χ1) is 9.99. The predicted molar refractivity (Wildman–Crippen MR) is 76.5 cm³/mol. The fourth-order valence-electron chi connectivity index (χ4n) is 2.20. The largest absolute Gasteiger partial charge is 0.466 e. The van der Waals surface area contributed by atoms with Crippen molar-refractivity contribution in [2.75, 3.05) is 6.54 Å². The van der Waals surface area contributed by atoms with Crippen molar-refractivity contribution in [1.29, 1.82) is 0 Å². The highest BCUT2D eigenvalue weighted by Gasteiger charge is 2.15. The molecule has 0 saturated carbocycles. The number of carbonyl (C=O) groups excluding carboxylic acids is 1. The third-order valence-electron chi connectivity index (χ3n) is 3.26. The van der Waals surface area contributed by atoms with Crippen molar-refractivity contribution in [3.05, 3.63) is 58.8 Å². The third-order valence-corrected chi connectivity index (χ3v) is 3.26. The number of furan rings is 1. The normalized spacial score (nSPS) is 12.2. The number of hydrogen-bond acceptors (Lipinski definition) is 3. The quantitative estimate of drug-likeness (QED) is 0.890. The van der Waals surface area contributed by atoms with E-state index in [9.17, 15) is 14.3 Å². The van der Waals surface area contributed by atoms with E-state index in [1.54, 1.807) is 19.1 Å². The van der Waals surface area contributed by atoms with Gasteiger partial charge in [-0.1, -0.05) is 12.1 Å². The molecule has 1 heterocycles. The van der Waals surface area contributed by atoms with Gasteiger partial charge in [-0.25, -0.2) is 4.39 Å². The lowest BCUT2D eigenvalue weighted by Crippen LogP contribution is -2.26. The standard InChI is InChI=1S/C16H18FNO3/c1-10-9-13(11(2)21-10)15(19)7-8-18-16(20)12-5-3-4-6-14(12)17/h3-6,9,15,19H,7-8H2,1-2H3,(H,18,20)/t15-/m1/s1. The van der Waals surface area contributed by atoms with Gasteiger partial charge in [-0.15, -0.1) is 0 Å². The van der Waals surface area contributed by atoms with E-state index in [0.29, 0.717) is 17.7 Å². The van der Waals surface area contributed by atoms with Crippen molar-refractivity contribution in [3.8, 4) is 0 Å². The summed E-state index contributed by atoms with van der Waals surface area (Å²) in [4.78, 5) is 11.8. The van der Waals surface area contributed by atoms with E-state index in [0.717, 1.165) is 5.76 Å². The minimum Gasteiger partial charge on any atom is -0.466 e. The van der Waals surface area contributed by atoms with Gasteiger partial charge in [0.2, 0.25) is 0 Å². The molecular weight excluding hydrogens is 273 g/mol. The van der Waals surface area contributed by atoms with E-state index >= 15 is 0 Å². The number of benzene rings is 1. The van der Waals surface area contributed by atoms with Crippen LogP contribution in [0.25, 0.3) is 0 Å². The molecule has 112 valence electrons. The van der Waals surface area contributed by atoms with Crippen molar-refractivity contribution in [2.45, 2.75) is 26.4 Å². The summed E-state index contributed by atoms with van der Waals surface area (Å²) in [6.07, 6.45) is -0.386. The summed E-state index contributed by atoms with van der Waals surface area (Å²) >= 11 is 0.